The van der Waals surface area contributed by atoms with Gasteiger partial charge in [0.25, 0.3) is 11.9 Å². The van der Waals surface area contributed by atoms with Crippen LogP contribution in [0.1, 0.15) is 34.5 Å². The third-order valence-electron chi connectivity index (χ3n) is 4.34. The average molecular weight is 516 g/mol. The molecule has 0 aliphatic carbocycles. The number of methoxy groups -OCH3 is 1. The zero-order valence-corrected chi connectivity index (χ0v) is 19.6. The van der Waals surface area contributed by atoms with Crippen LogP contribution in [0.25, 0.3) is 0 Å². The number of nitrogens with zero attached hydrogens (tertiary/aromatic N) is 10. The summed E-state index contributed by atoms with van der Waals surface area (Å²) < 4.78 is 50.6. The summed E-state index contributed by atoms with van der Waals surface area (Å²) in [6.07, 6.45) is -7.11. The lowest BCUT2D eigenvalue weighted by molar-refractivity contribution is -0.141. The van der Waals surface area contributed by atoms with Gasteiger partial charge in [-0.15, -0.1) is 22.0 Å². The molecule has 0 spiro atoms. The Kier molecular flexibility index (Phi) is 7.82. The van der Waals surface area contributed by atoms with Crippen molar-refractivity contribution in [1.29, 1.82) is 0 Å². The minimum Gasteiger partial charge on any atom is -0.438 e. The molecule has 0 aromatic carbocycles. The second-order valence-corrected chi connectivity index (χ2v) is 7.81. The van der Waals surface area contributed by atoms with Crippen LogP contribution in [0, 0.1) is 0 Å². The van der Waals surface area contributed by atoms with Gasteiger partial charge in [0.2, 0.25) is 0 Å². The van der Waals surface area contributed by atoms with Crippen molar-refractivity contribution in [3.63, 3.8) is 0 Å². The van der Waals surface area contributed by atoms with Gasteiger partial charge < -0.3 is 9.47 Å². The molecule has 0 radical (unpaired) electrons. The second kappa shape index (κ2) is 10.6. The molecule has 35 heavy (non-hydrogen) atoms. The Morgan fingerprint density at radius 1 is 1.17 bits per heavy atom. The first-order valence-electron chi connectivity index (χ1n) is 9.69. The van der Waals surface area contributed by atoms with Gasteiger partial charge in [0.05, 0.1) is 31.2 Å². The Hall–Kier alpha value is -3.83. The highest BCUT2D eigenvalue weighted by molar-refractivity contribution is 7.97. The summed E-state index contributed by atoms with van der Waals surface area (Å²) in [5, 5.41) is 22.4. The Morgan fingerprint density at radius 2 is 1.91 bits per heavy atom. The zero-order chi connectivity index (χ0) is 25.8. The number of pyridine rings is 1. The van der Waals surface area contributed by atoms with E-state index < -0.39 is 30.2 Å². The topological polar surface area (TPSA) is 156 Å². The fourth-order valence-electron chi connectivity index (χ4n) is 2.80. The molecule has 0 saturated heterocycles. The minimum absolute atomic E-state index is 0.0968. The first-order chi connectivity index (χ1) is 16.5. The zero-order valence-electron chi connectivity index (χ0n) is 18.8. The minimum atomic E-state index is -4.73. The number of carbonyl (C=O) groups is 2. The number of thioether (sulfide) groups is 1. The molecule has 14 nitrogen and oxygen atoms in total. The van der Waals surface area contributed by atoms with Crippen molar-refractivity contribution in [2.24, 2.45) is 14.1 Å². The van der Waals surface area contributed by atoms with E-state index >= 15 is 0 Å². The molecule has 0 aliphatic heterocycles. The van der Waals surface area contributed by atoms with Gasteiger partial charge in [0.15, 0.2) is 12.1 Å². The Morgan fingerprint density at radius 3 is 2.49 bits per heavy atom. The number of tetrazole rings is 2. The number of aryl methyl sites for hydroxylation is 2. The molecule has 3 aromatic rings. The van der Waals surface area contributed by atoms with Gasteiger partial charge in [-0.3, -0.25) is 4.79 Å². The molecule has 18 heteroatoms. The number of ether oxygens (including phenoxy) is 2. The molecule has 1 amide bonds. The third-order valence-corrected chi connectivity index (χ3v) is 5.28. The number of anilines is 1. The fourth-order valence-corrected chi connectivity index (χ4v) is 3.61. The number of hydrogen-bond acceptors (Lipinski definition) is 12. The standard InChI is InChI=1S/C17H19F3N10O4S/c1-9(34-16(32)33-4)30(15-23-25-27-28(15)2)14(31)10-5-6-12(17(18,19)20)21-11(10)7-35-8-13-22-26-29(3)24-13/h5-6,9H,7-8H2,1-4H3. The summed E-state index contributed by atoms with van der Waals surface area (Å²) in [6, 6.07) is 1.68. The van der Waals surface area contributed by atoms with E-state index in [0.29, 0.717) is 11.9 Å². The van der Waals surface area contributed by atoms with Gasteiger partial charge in [-0.2, -0.15) is 18.0 Å². The lowest BCUT2D eigenvalue weighted by Crippen LogP contribution is -2.43. The molecule has 0 aliphatic rings. The molecule has 0 fully saturated rings. The van der Waals surface area contributed by atoms with Gasteiger partial charge >= 0.3 is 12.3 Å². The van der Waals surface area contributed by atoms with Crippen LogP contribution in [-0.4, -0.2) is 70.8 Å². The maximum atomic E-state index is 13.5. The molecular weight excluding hydrogens is 497 g/mol. The fraction of sp³-hybridized carbons (Fsp3) is 0.471. The van der Waals surface area contributed by atoms with Crippen molar-refractivity contribution >= 4 is 29.8 Å². The molecule has 3 rings (SSSR count). The number of alkyl halides is 3. The quantitative estimate of drug-likeness (QED) is 0.313. The summed E-state index contributed by atoms with van der Waals surface area (Å²) in [4.78, 5) is 31.0. The number of aromatic nitrogens is 9. The second-order valence-electron chi connectivity index (χ2n) is 6.83. The van der Waals surface area contributed by atoms with E-state index in [4.69, 9.17) is 4.74 Å². The molecule has 3 aromatic heterocycles. The van der Waals surface area contributed by atoms with Crippen LogP contribution in [0.2, 0.25) is 0 Å². The smallest absolute Gasteiger partial charge is 0.438 e. The first kappa shape index (κ1) is 25.8. The lowest BCUT2D eigenvalue weighted by atomic mass is 10.1. The Labute approximate surface area is 199 Å². The van der Waals surface area contributed by atoms with Crippen LogP contribution in [0.5, 0.6) is 0 Å². The predicted octanol–water partition coefficient (Wildman–Crippen LogP) is 1.36. The van der Waals surface area contributed by atoms with Crippen LogP contribution in [0.4, 0.5) is 23.9 Å². The van der Waals surface area contributed by atoms with Gasteiger partial charge in [-0.05, 0) is 34.7 Å². The largest absolute Gasteiger partial charge is 0.509 e. The number of amides is 1. The summed E-state index contributed by atoms with van der Waals surface area (Å²) in [5.41, 5.74) is -1.52. The highest BCUT2D eigenvalue weighted by atomic mass is 32.2. The van der Waals surface area contributed by atoms with Crippen LogP contribution in [0.3, 0.4) is 0 Å². The molecule has 0 bridgehead atoms. The van der Waals surface area contributed by atoms with Gasteiger partial charge in [-0.25, -0.2) is 19.4 Å². The van der Waals surface area contributed by atoms with Crippen LogP contribution in [0.15, 0.2) is 12.1 Å². The van der Waals surface area contributed by atoms with E-state index in [1.807, 2.05) is 0 Å². The number of halogens is 3. The predicted molar refractivity (Wildman–Crippen MR) is 112 cm³/mol. The van der Waals surface area contributed by atoms with E-state index in [1.165, 1.54) is 18.8 Å². The molecule has 1 unspecified atom stereocenters. The number of rotatable bonds is 8. The van der Waals surface area contributed by atoms with Gasteiger partial charge in [-0.1, -0.05) is 5.10 Å². The Balaban J connectivity index is 1.97. The summed E-state index contributed by atoms with van der Waals surface area (Å²) >= 11 is 1.13. The molecule has 0 N–H and O–H groups in total. The summed E-state index contributed by atoms with van der Waals surface area (Å²) in [7, 11) is 4.07. The summed E-state index contributed by atoms with van der Waals surface area (Å²) in [6.45, 7) is 1.34. The SMILES string of the molecule is COC(=O)OC(C)N(C(=O)c1ccc(C(F)(F)F)nc1CSCc1nnn(C)n1)c1nnnn1C. The van der Waals surface area contributed by atoms with Crippen molar-refractivity contribution in [1.82, 2.24) is 45.4 Å². The van der Waals surface area contributed by atoms with Gasteiger partial charge in [0.1, 0.15) is 5.69 Å². The van der Waals surface area contributed by atoms with Crippen LogP contribution >= 0.6 is 11.8 Å². The van der Waals surface area contributed by atoms with Gasteiger partial charge in [0, 0.05) is 12.8 Å². The highest BCUT2D eigenvalue weighted by Gasteiger charge is 2.36. The maximum Gasteiger partial charge on any atom is 0.509 e. The average Bonchev–Trinajstić information content (AvgIpc) is 3.41. The molecular formula is C17H19F3N10O4S. The molecule has 0 saturated carbocycles. The van der Waals surface area contributed by atoms with E-state index in [0.717, 1.165) is 34.5 Å². The number of hydrogen-bond donors (Lipinski definition) is 0. The molecule has 3 heterocycles. The van der Waals surface area contributed by atoms with E-state index in [9.17, 15) is 22.8 Å². The van der Waals surface area contributed by atoms with E-state index in [1.54, 1.807) is 7.05 Å². The molecule has 188 valence electrons. The van der Waals surface area contributed by atoms with Crippen molar-refractivity contribution in [3.05, 3.63) is 34.9 Å². The summed E-state index contributed by atoms with van der Waals surface area (Å²) in [5.74, 6) is -0.523. The molecule has 1 atom stereocenters. The van der Waals surface area contributed by atoms with E-state index in [2.05, 4.69) is 40.7 Å². The normalized spacial score (nSPS) is 12.3. The van der Waals surface area contributed by atoms with Crippen molar-refractivity contribution in [3.8, 4) is 0 Å². The van der Waals surface area contributed by atoms with Crippen molar-refractivity contribution in [2.45, 2.75) is 30.8 Å². The Bertz CT molecular complexity index is 1200. The lowest BCUT2D eigenvalue weighted by Gasteiger charge is -2.27. The first-order valence-corrected chi connectivity index (χ1v) is 10.8. The van der Waals surface area contributed by atoms with Crippen LogP contribution < -0.4 is 4.90 Å². The van der Waals surface area contributed by atoms with Crippen LogP contribution in [-0.2, 0) is 41.3 Å². The maximum absolute atomic E-state index is 13.5. The highest BCUT2D eigenvalue weighted by Crippen LogP contribution is 2.30. The monoisotopic (exact) mass is 516 g/mol. The van der Waals surface area contributed by atoms with E-state index in [-0.39, 0.29) is 28.7 Å². The number of carbonyl (C=O) groups excluding carboxylic acids is 2. The third kappa shape index (κ3) is 6.19. The van der Waals surface area contributed by atoms with Crippen molar-refractivity contribution in [2.75, 3.05) is 12.0 Å². The van der Waals surface area contributed by atoms with Crippen molar-refractivity contribution < 1.29 is 32.2 Å².